The van der Waals surface area contributed by atoms with Gasteiger partial charge < -0.3 is 9.84 Å². The van der Waals surface area contributed by atoms with Crippen LogP contribution in [0.1, 0.15) is 17.2 Å². The lowest BCUT2D eigenvalue weighted by Gasteiger charge is -2.25. The monoisotopic (exact) mass is 508 g/mol. The maximum Gasteiger partial charge on any atom is 0.300 e. The molecule has 1 N–H and O–H groups in total. The zero-order valence-corrected chi connectivity index (χ0v) is 18.9. The molecule has 1 aliphatic rings. The van der Waals surface area contributed by atoms with Gasteiger partial charge in [0, 0.05) is 27.9 Å². The number of amides is 1. The molecular formula is C24H17BrN2O6. The highest BCUT2D eigenvalue weighted by atomic mass is 79.9. The van der Waals surface area contributed by atoms with E-state index < -0.39 is 28.4 Å². The van der Waals surface area contributed by atoms with Crippen LogP contribution in [0.3, 0.4) is 0 Å². The highest BCUT2D eigenvalue weighted by Crippen LogP contribution is 2.42. The number of benzene rings is 3. The summed E-state index contributed by atoms with van der Waals surface area (Å²) >= 11 is 3.38. The quantitative estimate of drug-likeness (QED) is 0.171. The highest BCUT2D eigenvalue weighted by molar-refractivity contribution is 9.10. The first kappa shape index (κ1) is 22.2. The van der Waals surface area contributed by atoms with Crippen LogP contribution in [0, 0.1) is 10.1 Å². The van der Waals surface area contributed by atoms with Gasteiger partial charge in [-0.1, -0.05) is 28.1 Å². The number of hydrogen-bond donors (Lipinski definition) is 1. The van der Waals surface area contributed by atoms with Crippen LogP contribution < -0.4 is 9.64 Å². The van der Waals surface area contributed by atoms with Gasteiger partial charge >= 0.3 is 0 Å². The molecule has 1 unspecified atom stereocenters. The lowest BCUT2D eigenvalue weighted by molar-refractivity contribution is -0.384. The predicted molar refractivity (Wildman–Crippen MR) is 125 cm³/mol. The lowest BCUT2D eigenvalue weighted by Crippen LogP contribution is -2.29. The minimum absolute atomic E-state index is 0.105. The molecule has 4 rings (SSSR count). The van der Waals surface area contributed by atoms with Crippen molar-refractivity contribution in [2.24, 2.45) is 0 Å². The van der Waals surface area contributed by atoms with Gasteiger partial charge in [0.2, 0.25) is 0 Å². The van der Waals surface area contributed by atoms with Gasteiger partial charge in [-0.2, -0.15) is 0 Å². The van der Waals surface area contributed by atoms with Crippen LogP contribution in [-0.2, 0) is 9.59 Å². The lowest BCUT2D eigenvalue weighted by atomic mass is 9.95. The van der Waals surface area contributed by atoms with Crippen LogP contribution in [-0.4, -0.2) is 28.8 Å². The number of ether oxygens (including phenoxy) is 1. The standard InChI is InChI=1S/C24H17BrN2O6/c1-33-19-12-10-17(11-13-19)26-21(14-2-6-16(25)7-3-14)20(23(29)24(26)30)22(28)15-4-8-18(9-5-15)27(31)32/h2-13,21,28H,1H3. The van der Waals surface area contributed by atoms with E-state index in [2.05, 4.69) is 15.9 Å². The summed E-state index contributed by atoms with van der Waals surface area (Å²) in [5.74, 6) is -1.47. The summed E-state index contributed by atoms with van der Waals surface area (Å²) in [5, 5.41) is 22.0. The number of anilines is 1. The van der Waals surface area contributed by atoms with Crippen molar-refractivity contribution in [3.05, 3.63) is 104 Å². The summed E-state index contributed by atoms with van der Waals surface area (Å²) in [6.07, 6.45) is 0. The van der Waals surface area contributed by atoms with Crippen molar-refractivity contribution in [3.63, 3.8) is 0 Å². The number of nitro groups is 1. The van der Waals surface area contributed by atoms with E-state index in [9.17, 15) is 24.8 Å². The van der Waals surface area contributed by atoms with Crippen molar-refractivity contribution >= 4 is 44.8 Å². The minimum atomic E-state index is -0.901. The molecule has 1 heterocycles. The Labute approximate surface area is 197 Å². The number of methoxy groups -OCH3 is 1. The zero-order valence-electron chi connectivity index (χ0n) is 17.3. The number of hydrogen-bond acceptors (Lipinski definition) is 6. The van der Waals surface area contributed by atoms with E-state index in [0.29, 0.717) is 17.0 Å². The number of rotatable bonds is 5. The summed E-state index contributed by atoms with van der Waals surface area (Å²) in [6, 6.07) is 17.9. The summed E-state index contributed by atoms with van der Waals surface area (Å²) in [4.78, 5) is 37.9. The number of nitrogens with zero attached hydrogens (tertiary/aromatic N) is 2. The molecule has 0 radical (unpaired) electrons. The van der Waals surface area contributed by atoms with E-state index in [0.717, 1.165) is 4.47 Å². The molecule has 1 atom stereocenters. The molecule has 8 nitrogen and oxygen atoms in total. The van der Waals surface area contributed by atoms with Gasteiger partial charge in [0.25, 0.3) is 17.4 Å². The third-order valence-corrected chi connectivity index (χ3v) is 5.86. The Kier molecular flexibility index (Phi) is 5.97. The average Bonchev–Trinajstić information content (AvgIpc) is 3.09. The van der Waals surface area contributed by atoms with E-state index in [1.807, 2.05) is 0 Å². The molecule has 0 bridgehead atoms. The second-order valence-electron chi connectivity index (χ2n) is 7.22. The summed E-state index contributed by atoms with van der Waals surface area (Å²) in [6.45, 7) is 0. The number of Topliss-reactive ketones (excluding diaryl/α,β-unsaturated/α-hetero) is 1. The third kappa shape index (κ3) is 4.10. The van der Waals surface area contributed by atoms with E-state index >= 15 is 0 Å². The fourth-order valence-corrected chi connectivity index (χ4v) is 3.96. The highest BCUT2D eigenvalue weighted by Gasteiger charge is 2.47. The Balaban J connectivity index is 1.89. The Hall–Kier alpha value is -3.98. The van der Waals surface area contributed by atoms with Crippen molar-refractivity contribution in [2.75, 3.05) is 12.0 Å². The van der Waals surface area contributed by atoms with E-state index in [4.69, 9.17) is 4.74 Å². The van der Waals surface area contributed by atoms with Gasteiger partial charge in [0.1, 0.15) is 11.5 Å². The Morgan fingerprint density at radius 2 is 1.61 bits per heavy atom. The second kappa shape index (κ2) is 8.87. The number of nitro benzene ring substituents is 1. The summed E-state index contributed by atoms with van der Waals surface area (Å²) in [5.41, 5.74) is 0.988. The van der Waals surface area contributed by atoms with Crippen LogP contribution in [0.2, 0.25) is 0 Å². The Bertz CT molecular complexity index is 1270. The summed E-state index contributed by atoms with van der Waals surface area (Å²) < 4.78 is 5.98. The number of carbonyl (C=O) groups excluding carboxylic acids is 2. The molecule has 1 saturated heterocycles. The van der Waals surface area contributed by atoms with Crippen molar-refractivity contribution < 1.29 is 24.4 Å². The molecule has 0 aliphatic carbocycles. The van der Waals surface area contributed by atoms with Gasteiger partial charge in [-0.05, 0) is 54.1 Å². The maximum atomic E-state index is 13.1. The first-order valence-corrected chi connectivity index (χ1v) is 10.6. The van der Waals surface area contributed by atoms with Crippen LogP contribution >= 0.6 is 15.9 Å². The predicted octanol–water partition coefficient (Wildman–Crippen LogP) is 4.99. The van der Waals surface area contributed by atoms with Crippen LogP contribution in [0.25, 0.3) is 5.76 Å². The molecule has 1 amide bonds. The average molecular weight is 509 g/mol. The van der Waals surface area contributed by atoms with Crippen LogP contribution in [0.15, 0.2) is 82.8 Å². The maximum absolute atomic E-state index is 13.1. The second-order valence-corrected chi connectivity index (χ2v) is 8.14. The third-order valence-electron chi connectivity index (χ3n) is 5.33. The number of aliphatic hydroxyl groups excluding tert-OH is 1. The fourth-order valence-electron chi connectivity index (χ4n) is 3.70. The Morgan fingerprint density at radius 1 is 1.00 bits per heavy atom. The van der Waals surface area contributed by atoms with E-state index in [1.165, 1.54) is 36.3 Å². The largest absolute Gasteiger partial charge is 0.507 e. The smallest absolute Gasteiger partial charge is 0.300 e. The van der Waals surface area contributed by atoms with Crippen molar-refractivity contribution in [1.29, 1.82) is 0 Å². The van der Waals surface area contributed by atoms with Gasteiger partial charge in [0.05, 0.1) is 23.6 Å². The molecule has 1 fully saturated rings. The van der Waals surface area contributed by atoms with E-state index in [-0.39, 0.29) is 16.8 Å². The number of aliphatic hydroxyl groups is 1. The van der Waals surface area contributed by atoms with Crippen molar-refractivity contribution in [3.8, 4) is 5.75 Å². The fraction of sp³-hybridized carbons (Fsp3) is 0.0833. The molecule has 33 heavy (non-hydrogen) atoms. The number of carbonyl (C=O) groups is 2. The molecule has 1 aliphatic heterocycles. The molecule has 3 aromatic rings. The SMILES string of the molecule is COc1ccc(N2C(=O)C(=O)C(=C(O)c3ccc([N+](=O)[O-])cc3)C2c2ccc(Br)cc2)cc1. The van der Waals surface area contributed by atoms with Crippen molar-refractivity contribution in [1.82, 2.24) is 0 Å². The number of non-ortho nitro benzene ring substituents is 1. The summed E-state index contributed by atoms with van der Waals surface area (Å²) in [7, 11) is 1.52. The minimum Gasteiger partial charge on any atom is -0.507 e. The zero-order chi connectivity index (χ0) is 23.7. The van der Waals surface area contributed by atoms with Crippen molar-refractivity contribution in [2.45, 2.75) is 6.04 Å². The molecular weight excluding hydrogens is 492 g/mol. The number of ketones is 1. The molecule has 3 aromatic carbocycles. The first-order valence-electron chi connectivity index (χ1n) is 9.77. The molecule has 0 aromatic heterocycles. The molecule has 9 heteroatoms. The van der Waals surface area contributed by atoms with Gasteiger partial charge in [-0.15, -0.1) is 0 Å². The van der Waals surface area contributed by atoms with Gasteiger partial charge in [-0.3, -0.25) is 24.6 Å². The molecule has 0 spiro atoms. The topological polar surface area (TPSA) is 110 Å². The molecule has 0 saturated carbocycles. The van der Waals surface area contributed by atoms with Gasteiger partial charge in [-0.25, -0.2) is 0 Å². The van der Waals surface area contributed by atoms with Crippen LogP contribution in [0.4, 0.5) is 11.4 Å². The normalized spacial score (nSPS) is 17.3. The van der Waals surface area contributed by atoms with E-state index in [1.54, 1.807) is 48.5 Å². The molecule has 166 valence electrons. The Morgan fingerprint density at radius 3 is 2.15 bits per heavy atom. The van der Waals surface area contributed by atoms with Gasteiger partial charge in [0.15, 0.2) is 0 Å². The van der Waals surface area contributed by atoms with Crippen LogP contribution in [0.5, 0.6) is 5.75 Å². The first-order chi connectivity index (χ1) is 15.8. The number of halogens is 1.